The number of hydrogen-bond acceptors (Lipinski definition) is 6. The summed E-state index contributed by atoms with van der Waals surface area (Å²) in [6.45, 7) is 0.0192. The lowest BCUT2D eigenvalue weighted by Crippen LogP contribution is -2.45. The number of carbonyl (C=O) groups excluding carboxylic acids is 3. The summed E-state index contributed by atoms with van der Waals surface area (Å²) in [5, 5.41) is 14.0. The standard InChI is InChI=1S/C31H28N2O6/c32-29(35)31(37,24-16-8-3-9-17-24)25-18-10-11-19-27(25)39-28(34)26(20-22-12-4-1-5-13-22)33-30(36)38-21-23-14-6-2-7-15-23/h1-19,26,37H,20-21H2,(H2,32,35)(H,33,36). The van der Waals surface area contributed by atoms with Gasteiger partial charge in [-0.1, -0.05) is 109 Å². The highest BCUT2D eigenvalue weighted by atomic mass is 16.6. The molecule has 4 aromatic carbocycles. The number of esters is 1. The summed E-state index contributed by atoms with van der Waals surface area (Å²) in [7, 11) is 0. The molecular weight excluding hydrogens is 496 g/mol. The van der Waals surface area contributed by atoms with Crippen molar-refractivity contribution in [1.82, 2.24) is 5.32 Å². The molecule has 0 spiro atoms. The molecule has 0 aliphatic rings. The molecule has 0 heterocycles. The van der Waals surface area contributed by atoms with Gasteiger partial charge in [0.15, 0.2) is 5.60 Å². The van der Waals surface area contributed by atoms with Gasteiger partial charge in [0.05, 0.1) is 0 Å². The Hall–Kier alpha value is -4.95. The number of amides is 2. The molecule has 4 aromatic rings. The molecule has 0 saturated carbocycles. The average molecular weight is 525 g/mol. The monoisotopic (exact) mass is 524 g/mol. The summed E-state index contributed by atoms with van der Waals surface area (Å²) in [6, 6.07) is 31.3. The number of nitrogens with two attached hydrogens (primary N) is 1. The number of aliphatic hydroxyl groups is 1. The van der Waals surface area contributed by atoms with E-state index in [4.69, 9.17) is 15.2 Å². The van der Waals surface area contributed by atoms with E-state index >= 15 is 0 Å². The minimum Gasteiger partial charge on any atom is -0.445 e. The van der Waals surface area contributed by atoms with E-state index in [1.165, 1.54) is 12.1 Å². The van der Waals surface area contributed by atoms with E-state index in [-0.39, 0.29) is 29.9 Å². The van der Waals surface area contributed by atoms with Crippen molar-refractivity contribution in [2.24, 2.45) is 5.73 Å². The third kappa shape index (κ3) is 6.68. The summed E-state index contributed by atoms with van der Waals surface area (Å²) >= 11 is 0. The van der Waals surface area contributed by atoms with Gasteiger partial charge >= 0.3 is 12.1 Å². The van der Waals surface area contributed by atoms with E-state index in [1.54, 1.807) is 42.5 Å². The van der Waals surface area contributed by atoms with Crippen LogP contribution in [0.4, 0.5) is 4.79 Å². The Kier molecular flexibility index (Phi) is 8.71. The minimum atomic E-state index is -2.27. The summed E-state index contributed by atoms with van der Waals surface area (Å²) in [4.78, 5) is 38.6. The van der Waals surface area contributed by atoms with Crippen molar-refractivity contribution in [3.63, 3.8) is 0 Å². The molecular formula is C31H28N2O6. The third-order valence-electron chi connectivity index (χ3n) is 6.11. The van der Waals surface area contributed by atoms with E-state index in [2.05, 4.69) is 5.32 Å². The van der Waals surface area contributed by atoms with Crippen molar-refractivity contribution < 1.29 is 29.0 Å². The van der Waals surface area contributed by atoms with E-state index in [1.807, 2.05) is 60.7 Å². The molecule has 39 heavy (non-hydrogen) atoms. The van der Waals surface area contributed by atoms with Crippen LogP contribution in [-0.2, 0) is 33.0 Å². The van der Waals surface area contributed by atoms with Crippen LogP contribution >= 0.6 is 0 Å². The highest BCUT2D eigenvalue weighted by molar-refractivity contribution is 5.90. The molecule has 0 bridgehead atoms. The average Bonchev–Trinajstić information content (AvgIpc) is 2.97. The zero-order valence-corrected chi connectivity index (χ0v) is 21.0. The van der Waals surface area contributed by atoms with Crippen molar-refractivity contribution in [3.05, 3.63) is 138 Å². The number of rotatable bonds is 10. The Labute approximate surface area is 226 Å². The fraction of sp³-hybridized carbons (Fsp3) is 0.129. The maximum Gasteiger partial charge on any atom is 0.408 e. The summed E-state index contributed by atoms with van der Waals surface area (Å²) in [6.07, 6.45) is -0.691. The fourth-order valence-corrected chi connectivity index (χ4v) is 4.09. The number of carbonyl (C=O) groups is 3. The summed E-state index contributed by atoms with van der Waals surface area (Å²) < 4.78 is 11.0. The van der Waals surface area contributed by atoms with Crippen molar-refractivity contribution in [3.8, 4) is 5.75 Å². The zero-order valence-electron chi connectivity index (χ0n) is 21.0. The molecule has 2 unspecified atom stereocenters. The molecule has 0 saturated heterocycles. The molecule has 2 amide bonds. The Morgan fingerprint density at radius 3 is 1.92 bits per heavy atom. The SMILES string of the molecule is NC(=O)C(O)(c1ccccc1)c1ccccc1OC(=O)C(Cc1ccccc1)NC(=O)OCc1ccccc1. The van der Waals surface area contributed by atoms with Crippen LogP contribution in [0.2, 0.25) is 0 Å². The Morgan fingerprint density at radius 1 is 0.769 bits per heavy atom. The fourth-order valence-electron chi connectivity index (χ4n) is 4.09. The number of hydrogen-bond donors (Lipinski definition) is 3. The number of benzene rings is 4. The first-order valence-electron chi connectivity index (χ1n) is 12.3. The second-order valence-corrected chi connectivity index (χ2v) is 8.81. The van der Waals surface area contributed by atoms with Gasteiger partial charge in [0.1, 0.15) is 18.4 Å². The van der Waals surface area contributed by atoms with Gasteiger partial charge in [-0.25, -0.2) is 9.59 Å². The van der Waals surface area contributed by atoms with Crippen LogP contribution in [0.25, 0.3) is 0 Å². The van der Waals surface area contributed by atoms with Gasteiger partial charge < -0.3 is 25.6 Å². The first kappa shape index (κ1) is 27.1. The van der Waals surface area contributed by atoms with Crippen molar-refractivity contribution >= 4 is 18.0 Å². The van der Waals surface area contributed by atoms with Crippen LogP contribution in [0.5, 0.6) is 5.75 Å². The summed E-state index contributed by atoms with van der Waals surface area (Å²) in [5.74, 6) is -1.94. The van der Waals surface area contributed by atoms with Crippen molar-refractivity contribution in [2.75, 3.05) is 0 Å². The quantitative estimate of drug-likeness (QED) is 0.214. The van der Waals surface area contributed by atoms with Gasteiger partial charge in [0.2, 0.25) is 0 Å². The van der Waals surface area contributed by atoms with Crippen molar-refractivity contribution in [1.29, 1.82) is 0 Å². The topological polar surface area (TPSA) is 128 Å². The number of nitrogens with one attached hydrogen (secondary N) is 1. The molecule has 0 radical (unpaired) electrons. The maximum atomic E-state index is 13.4. The molecule has 2 atom stereocenters. The van der Waals surface area contributed by atoms with Gasteiger partial charge in [-0.2, -0.15) is 0 Å². The Balaban J connectivity index is 1.58. The molecule has 4 N–H and O–H groups in total. The molecule has 0 aromatic heterocycles. The van der Waals surface area contributed by atoms with Gasteiger partial charge in [-0.05, 0) is 22.8 Å². The summed E-state index contributed by atoms with van der Waals surface area (Å²) in [5.41, 5.74) is 5.13. The smallest absolute Gasteiger partial charge is 0.408 e. The lowest BCUT2D eigenvalue weighted by Gasteiger charge is -2.28. The van der Waals surface area contributed by atoms with Crippen LogP contribution in [0.1, 0.15) is 22.3 Å². The molecule has 4 rings (SSSR count). The van der Waals surface area contributed by atoms with Crippen LogP contribution in [-0.4, -0.2) is 29.1 Å². The maximum absolute atomic E-state index is 13.4. The Morgan fingerprint density at radius 2 is 1.31 bits per heavy atom. The van der Waals surface area contributed by atoms with Crippen LogP contribution in [0, 0.1) is 0 Å². The predicted molar refractivity (Wildman–Crippen MR) is 144 cm³/mol. The highest BCUT2D eigenvalue weighted by Gasteiger charge is 2.41. The predicted octanol–water partition coefficient (Wildman–Crippen LogP) is 3.85. The Bertz CT molecular complexity index is 1410. The highest BCUT2D eigenvalue weighted by Crippen LogP contribution is 2.35. The van der Waals surface area contributed by atoms with Crippen LogP contribution in [0.15, 0.2) is 115 Å². The third-order valence-corrected chi connectivity index (χ3v) is 6.11. The molecule has 0 aliphatic carbocycles. The number of ether oxygens (including phenoxy) is 2. The molecule has 0 aliphatic heterocycles. The minimum absolute atomic E-state index is 0.0119. The van der Waals surface area contributed by atoms with E-state index in [0.717, 1.165) is 11.1 Å². The first-order valence-corrected chi connectivity index (χ1v) is 12.3. The molecule has 198 valence electrons. The van der Waals surface area contributed by atoms with E-state index in [0.29, 0.717) is 0 Å². The number of para-hydroxylation sites is 1. The van der Waals surface area contributed by atoms with Crippen LogP contribution < -0.4 is 15.8 Å². The van der Waals surface area contributed by atoms with E-state index in [9.17, 15) is 19.5 Å². The zero-order chi connectivity index (χ0) is 27.7. The van der Waals surface area contributed by atoms with Crippen molar-refractivity contribution in [2.45, 2.75) is 24.7 Å². The van der Waals surface area contributed by atoms with Crippen LogP contribution in [0.3, 0.4) is 0 Å². The lowest BCUT2D eigenvalue weighted by atomic mass is 9.85. The lowest BCUT2D eigenvalue weighted by molar-refractivity contribution is -0.138. The van der Waals surface area contributed by atoms with Gasteiger partial charge in [-0.15, -0.1) is 0 Å². The van der Waals surface area contributed by atoms with E-state index < -0.39 is 29.6 Å². The normalized spacial score (nSPS) is 12.9. The second-order valence-electron chi connectivity index (χ2n) is 8.81. The number of primary amides is 1. The largest absolute Gasteiger partial charge is 0.445 e. The van der Waals surface area contributed by atoms with Gasteiger partial charge in [-0.3, -0.25) is 4.79 Å². The molecule has 0 fully saturated rings. The number of alkyl carbamates (subject to hydrolysis) is 1. The van der Waals surface area contributed by atoms with Gasteiger partial charge in [0.25, 0.3) is 5.91 Å². The molecule has 8 nitrogen and oxygen atoms in total. The van der Waals surface area contributed by atoms with Gasteiger partial charge in [0, 0.05) is 12.0 Å². The first-order chi connectivity index (χ1) is 18.9. The molecule has 8 heteroatoms. The second kappa shape index (κ2) is 12.5.